The van der Waals surface area contributed by atoms with Crippen molar-refractivity contribution in [3.8, 4) is 0 Å². The van der Waals surface area contributed by atoms with Gasteiger partial charge in [0.25, 0.3) is 0 Å². The maximum atomic E-state index is 11.6. The third kappa shape index (κ3) is 5.81. The molecule has 0 heterocycles. The Balaban J connectivity index is 2.24. The quantitative estimate of drug-likeness (QED) is 0.602. The molecule has 0 saturated carbocycles. The minimum atomic E-state index is -1.05. The molecule has 0 fully saturated rings. The number of hydrogen-bond acceptors (Lipinski definition) is 5. The molecule has 0 bridgehead atoms. The van der Waals surface area contributed by atoms with E-state index in [2.05, 4.69) is 0 Å². The topological polar surface area (TPSA) is 116 Å². The largest absolute Gasteiger partial charge is 0.480 e. The van der Waals surface area contributed by atoms with Gasteiger partial charge in [0.2, 0.25) is 0 Å². The average molecular weight is 280 g/mol. The zero-order chi connectivity index (χ0) is 15.0. The van der Waals surface area contributed by atoms with Gasteiger partial charge in [-0.1, -0.05) is 30.3 Å². The van der Waals surface area contributed by atoms with E-state index in [-0.39, 0.29) is 13.0 Å². The molecule has 1 unspecified atom stereocenters. The fourth-order valence-electron chi connectivity index (χ4n) is 1.63. The van der Waals surface area contributed by atoms with Crippen LogP contribution in [0, 0.1) is 0 Å². The average Bonchev–Trinajstić information content (AvgIpc) is 2.45. The lowest BCUT2D eigenvalue weighted by molar-refractivity contribution is -0.146. The number of carboxylic acids is 1. The van der Waals surface area contributed by atoms with Crippen molar-refractivity contribution in [3.05, 3.63) is 35.9 Å². The number of hydrogen-bond donors (Lipinski definition) is 3. The molecule has 0 aromatic heterocycles. The second kappa shape index (κ2) is 8.29. The Labute approximate surface area is 117 Å². The van der Waals surface area contributed by atoms with Crippen LogP contribution in [-0.4, -0.2) is 29.1 Å². The number of carbonyl (C=O) groups is 2. The molecule has 0 aliphatic heterocycles. The van der Waals surface area contributed by atoms with Crippen LogP contribution in [0.4, 0.5) is 0 Å². The zero-order valence-corrected chi connectivity index (χ0v) is 11.2. The molecule has 0 aliphatic rings. The molecule has 6 nitrogen and oxygen atoms in total. The molecule has 0 amide bonds. The summed E-state index contributed by atoms with van der Waals surface area (Å²) in [6.07, 6.45) is 1.11. The van der Waals surface area contributed by atoms with Crippen molar-refractivity contribution in [1.29, 1.82) is 0 Å². The maximum absolute atomic E-state index is 11.6. The van der Waals surface area contributed by atoms with Crippen LogP contribution in [0.5, 0.6) is 0 Å². The lowest BCUT2D eigenvalue weighted by Gasteiger charge is -2.12. The van der Waals surface area contributed by atoms with Crippen molar-refractivity contribution in [2.24, 2.45) is 11.5 Å². The van der Waals surface area contributed by atoms with Crippen molar-refractivity contribution in [1.82, 2.24) is 0 Å². The summed E-state index contributed by atoms with van der Waals surface area (Å²) >= 11 is 0. The van der Waals surface area contributed by atoms with Gasteiger partial charge in [-0.25, -0.2) is 0 Å². The first-order valence-electron chi connectivity index (χ1n) is 6.45. The Bertz CT molecular complexity index is 436. The molecular formula is C14H20N2O4. The molecule has 2 atom stereocenters. The van der Waals surface area contributed by atoms with E-state index in [1.807, 2.05) is 30.3 Å². The smallest absolute Gasteiger partial charge is 0.323 e. The number of benzene rings is 1. The second-order valence-electron chi connectivity index (χ2n) is 4.58. The second-order valence-corrected chi connectivity index (χ2v) is 4.58. The van der Waals surface area contributed by atoms with Gasteiger partial charge in [0.1, 0.15) is 18.7 Å². The fourth-order valence-corrected chi connectivity index (χ4v) is 1.63. The predicted molar refractivity (Wildman–Crippen MR) is 73.7 cm³/mol. The van der Waals surface area contributed by atoms with Gasteiger partial charge in [-0.2, -0.15) is 0 Å². The monoisotopic (exact) mass is 280 g/mol. The molecular weight excluding hydrogens is 260 g/mol. The summed E-state index contributed by atoms with van der Waals surface area (Å²) in [4.78, 5) is 22.2. The Morgan fingerprint density at radius 3 is 2.30 bits per heavy atom. The van der Waals surface area contributed by atoms with Crippen molar-refractivity contribution in [2.75, 3.05) is 0 Å². The summed E-state index contributed by atoms with van der Waals surface area (Å²) < 4.78 is 5.08. The number of ether oxygens (including phenoxy) is 1. The van der Waals surface area contributed by atoms with E-state index in [4.69, 9.17) is 21.3 Å². The van der Waals surface area contributed by atoms with E-state index in [0.29, 0.717) is 12.8 Å². The summed E-state index contributed by atoms with van der Waals surface area (Å²) in [6, 6.07) is 7.63. The highest BCUT2D eigenvalue weighted by atomic mass is 16.5. The molecule has 1 aromatic rings. The van der Waals surface area contributed by atoms with Gasteiger partial charge in [0, 0.05) is 0 Å². The minimum absolute atomic E-state index is 0.183. The van der Waals surface area contributed by atoms with Crippen LogP contribution < -0.4 is 11.5 Å². The summed E-state index contributed by atoms with van der Waals surface area (Å²) in [7, 11) is 0. The van der Waals surface area contributed by atoms with Crippen LogP contribution in [0.2, 0.25) is 0 Å². The fraction of sp³-hybridized carbons (Fsp3) is 0.429. The van der Waals surface area contributed by atoms with Gasteiger partial charge >= 0.3 is 11.9 Å². The van der Waals surface area contributed by atoms with E-state index in [1.165, 1.54) is 0 Å². The predicted octanol–water partition coefficient (Wildman–Crippen LogP) is 0.639. The molecule has 0 radical (unpaired) electrons. The first-order chi connectivity index (χ1) is 9.50. The van der Waals surface area contributed by atoms with Crippen LogP contribution in [-0.2, 0) is 20.9 Å². The van der Waals surface area contributed by atoms with E-state index in [1.54, 1.807) is 0 Å². The van der Waals surface area contributed by atoms with Crippen molar-refractivity contribution in [3.63, 3.8) is 0 Å². The van der Waals surface area contributed by atoms with Crippen LogP contribution >= 0.6 is 0 Å². The van der Waals surface area contributed by atoms with Crippen LogP contribution in [0.1, 0.15) is 24.8 Å². The van der Waals surface area contributed by atoms with Crippen LogP contribution in [0.15, 0.2) is 30.3 Å². The Hall–Kier alpha value is -1.92. The van der Waals surface area contributed by atoms with Gasteiger partial charge in [0.05, 0.1) is 0 Å². The number of esters is 1. The third-order valence-corrected chi connectivity index (χ3v) is 2.87. The number of carbonyl (C=O) groups excluding carboxylic acids is 1. The Morgan fingerprint density at radius 2 is 1.70 bits per heavy atom. The number of rotatable bonds is 8. The number of nitrogens with two attached hydrogens (primary N) is 2. The normalized spacial score (nSPS) is 13.5. The van der Waals surface area contributed by atoms with E-state index in [0.717, 1.165) is 5.56 Å². The van der Waals surface area contributed by atoms with Crippen LogP contribution in [0.25, 0.3) is 0 Å². The molecule has 5 N–H and O–H groups in total. The molecule has 0 spiro atoms. The molecule has 1 rings (SSSR count). The standard InChI is InChI=1S/C14H20N2O4/c15-11(13(17)18)7-4-8-12(16)14(19)20-9-10-5-2-1-3-6-10/h1-3,5-6,11-12H,4,7-9,15-16H2,(H,17,18)/t11-,12?/m0/s1. The highest BCUT2D eigenvalue weighted by molar-refractivity contribution is 5.75. The number of aliphatic carboxylic acids is 1. The van der Waals surface area contributed by atoms with Gasteiger partial charge in [-0.3, -0.25) is 9.59 Å². The highest BCUT2D eigenvalue weighted by Crippen LogP contribution is 2.06. The SMILES string of the molecule is NC(CCC[C@H](N)C(=O)O)C(=O)OCc1ccccc1. The lowest BCUT2D eigenvalue weighted by atomic mass is 10.1. The molecule has 1 aromatic carbocycles. The minimum Gasteiger partial charge on any atom is -0.480 e. The Morgan fingerprint density at radius 1 is 1.10 bits per heavy atom. The summed E-state index contributed by atoms with van der Waals surface area (Å²) in [5.41, 5.74) is 11.9. The van der Waals surface area contributed by atoms with Gasteiger partial charge < -0.3 is 21.3 Å². The molecule has 20 heavy (non-hydrogen) atoms. The summed E-state index contributed by atoms with van der Waals surface area (Å²) in [5, 5.41) is 8.62. The van der Waals surface area contributed by atoms with Crippen molar-refractivity contribution >= 4 is 11.9 Å². The number of carboxylic acid groups (broad SMARTS) is 1. The van der Waals surface area contributed by atoms with Crippen molar-refractivity contribution in [2.45, 2.75) is 38.0 Å². The van der Waals surface area contributed by atoms with E-state index >= 15 is 0 Å². The first-order valence-corrected chi connectivity index (χ1v) is 6.45. The van der Waals surface area contributed by atoms with Crippen LogP contribution in [0.3, 0.4) is 0 Å². The lowest BCUT2D eigenvalue weighted by Crippen LogP contribution is -2.34. The van der Waals surface area contributed by atoms with Gasteiger partial charge in [0.15, 0.2) is 0 Å². The van der Waals surface area contributed by atoms with Gasteiger partial charge in [-0.05, 0) is 24.8 Å². The summed E-state index contributed by atoms with van der Waals surface area (Å²) in [6.45, 7) is 0.183. The molecule has 110 valence electrons. The maximum Gasteiger partial charge on any atom is 0.323 e. The highest BCUT2D eigenvalue weighted by Gasteiger charge is 2.17. The van der Waals surface area contributed by atoms with E-state index in [9.17, 15) is 9.59 Å². The summed E-state index contributed by atoms with van der Waals surface area (Å²) in [5.74, 6) is -1.54. The molecule has 0 saturated heterocycles. The van der Waals surface area contributed by atoms with Gasteiger partial charge in [-0.15, -0.1) is 0 Å². The Kier molecular flexibility index (Phi) is 6.69. The third-order valence-electron chi connectivity index (χ3n) is 2.87. The molecule has 0 aliphatic carbocycles. The first kappa shape index (κ1) is 16.1. The van der Waals surface area contributed by atoms with Crippen molar-refractivity contribution < 1.29 is 19.4 Å². The van der Waals surface area contributed by atoms with E-state index < -0.39 is 24.0 Å². The zero-order valence-electron chi connectivity index (χ0n) is 11.2. The molecule has 6 heteroatoms.